The van der Waals surface area contributed by atoms with Crippen LogP contribution in [-0.4, -0.2) is 35.5 Å². The van der Waals surface area contributed by atoms with Gasteiger partial charge in [0.05, 0.1) is 5.56 Å². The Kier molecular flexibility index (Phi) is 3.86. The van der Waals surface area contributed by atoms with Gasteiger partial charge in [0.2, 0.25) is 0 Å². The second-order valence-corrected chi connectivity index (χ2v) is 7.06. The molecule has 0 atom stereocenters. The highest BCUT2D eigenvalue weighted by atomic mass is 32.1. The fourth-order valence-electron chi connectivity index (χ4n) is 3.07. The van der Waals surface area contributed by atoms with Crippen molar-refractivity contribution in [3.8, 4) is 0 Å². The number of amides is 1. The van der Waals surface area contributed by atoms with Crippen LogP contribution in [0.5, 0.6) is 0 Å². The molecule has 1 saturated heterocycles. The second-order valence-electron chi connectivity index (χ2n) is 6.28. The molecule has 1 aromatic heterocycles. The Balaban J connectivity index is 1.45. The molecule has 1 aromatic carbocycles. The summed E-state index contributed by atoms with van der Waals surface area (Å²) in [7, 11) is 0. The van der Waals surface area contributed by atoms with Crippen molar-refractivity contribution in [1.29, 1.82) is 0 Å². The molecule has 4 rings (SSSR count). The maximum Gasteiger partial charge on any atom is 0.254 e. The minimum atomic E-state index is -0.550. The first kappa shape index (κ1) is 15.4. The molecule has 24 heavy (non-hydrogen) atoms. The minimum Gasteiger partial charge on any atom is -0.338 e. The van der Waals surface area contributed by atoms with Gasteiger partial charge in [-0.2, -0.15) is 11.3 Å². The van der Waals surface area contributed by atoms with Crippen molar-refractivity contribution in [2.24, 2.45) is 4.99 Å². The predicted octanol–water partition coefficient (Wildman–Crippen LogP) is 2.97. The Morgan fingerprint density at radius 3 is 2.67 bits per heavy atom. The number of hydroxylamine groups is 1. The molecule has 124 valence electrons. The number of amidine groups is 1. The third kappa shape index (κ3) is 2.83. The molecule has 1 N–H and O–H groups in total. The molecule has 2 aromatic rings. The molecule has 0 saturated carbocycles. The Labute approximate surface area is 144 Å². The molecule has 1 amide bonds. The van der Waals surface area contributed by atoms with Crippen LogP contribution in [0.2, 0.25) is 0 Å². The lowest BCUT2D eigenvalue weighted by Crippen LogP contribution is -2.46. The summed E-state index contributed by atoms with van der Waals surface area (Å²) in [6, 6.07) is 10.1. The van der Waals surface area contributed by atoms with Crippen LogP contribution in [0.4, 0.5) is 0 Å². The molecule has 2 aliphatic heterocycles. The van der Waals surface area contributed by atoms with Gasteiger partial charge in [-0.1, -0.05) is 29.8 Å². The smallest absolute Gasteiger partial charge is 0.254 e. The van der Waals surface area contributed by atoms with Crippen LogP contribution in [0.25, 0.3) is 0 Å². The Bertz CT molecular complexity index is 760. The number of piperidine rings is 1. The number of hydrogen-bond acceptors (Lipinski definition) is 5. The molecule has 1 fully saturated rings. The number of rotatable bonds is 2. The fourth-order valence-corrected chi connectivity index (χ4v) is 3.70. The number of nitrogens with zero attached hydrogens (tertiary/aromatic N) is 2. The summed E-state index contributed by atoms with van der Waals surface area (Å²) >= 11 is 1.55. The lowest BCUT2D eigenvalue weighted by molar-refractivity contribution is -0.0849. The van der Waals surface area contributed by atoms with Crippen molar-refractivity contribution in [3.05, 3.63) is 57.8 Å². The predicted molar refractivity (Wildman–Crippen MR) is 94.1 cm³/mol. The van der Waals surface area contributed by atoms with E-state index in [2.05, 4.69) is 24.5 Å². The molecule has 0 unspecified atom stereocenters. The van der Waals surface area contributed by atoms with Crippen molar-refractivity contribution < 1.29 is 9.63 Å². The van der Waals surface area contributed by atoms with Gasteiger partial charge in [-0.15, -0.1) is 0 Å². The van der Waals surface area contributed by atoms with Gasteiger partial charge in [0.1, 0.15) is 0 Å². The quantitative estimate of drug-likeness (QED) is 0.914. The van der Waals surface area contributed by atoms with Crippen LogP contribution in [-0.2, 0) is 4.84 Å². The molecular weight excluding hydrogens is 322 g/mol. The monoisotopic (exact) mass is 341 g/mol. The zero-order valence-corrected chi connectivity index (χ0v) is 14.3. The average Bonchev–Trinajstić information content (AvgIpc) is 3.26. The molecule has 6 heteroatoms. The van der Waals surface area contributed by atoms with E-state index in [0.717, 1.165) is 17.0 Å². The van der Waals surface area contributed by atoms with Crippen LogP contribution in [0.1, 0.15) is 34.3 Å². The van der Waals surface area contributed by atoms with E-state index in [1.54, 1.807) is 11.3 Å². The van der Waals surface area contributed by atoms with Crippen molar-refractivity contribution in [3.63, 3.8) is 0 Å². The highest BCUT2D eigenvalue weighted by Crippen LogP contribution is 2.31. The first-order valence-corrected chi connectivity index (χ1v) is 9.02. The average molecular weight is 341 g/mol. The van der Waals surface area contributed by atoms with Gasteiger partial charge >= 0.3 is 0 Å². The third-order valence-electron chi connectivity index (χ3n) is 4.58. The zero-order chi connectivity index (χ0) is 16.6. The second kappa shape index (κ2) is 6.03. The number of likely N-dealkylation sites (tertiary alicyclic amines) is 1. The van der Waals surface area contributed by atoms with Crippen LogP contribution in [0.15, 0.2) is 46.1 Å². The van der Waals surface area contributed by atoms with Crippen LogP contribution in [0, 0.1) is 6.92 Å². The lowest BCUT2D eigenvalue weighted by atomic mass is 10.0. The third-order valence-corrected chi connectivity index (χ3v) is 5.26. The number of carbonyl (C=O) groups excluding carboxylic acids is 1. The van der Waals surface area contributed by atoms with Crippen molar-refractivity contribution in [2.45, 2.75) is 25.5 Å². The lowest BCUT2D eigenvalue weighted by Gasteiger charge is -2.35. The molecule has 0 bridgehead atoms. The van der Waals surface area contributed by atoms with Crippen LogP contribution >= 0.6 is 11.3 Å². The topological polar surface area (TPSA) is 53.9 Å². The molecule has 1 spiro atoms. The molecule has 0 radical (unpaired) electrons. The van der Waals surface area contributed by atoms with Gasteiger partial charge in [-0.05, 0) is 18.4 Å². The SMILES string of the molecule is Cc1ccc(C2=NC3(CCN(C(=O)c4ccsc4)CC3)ON2)cc1. The van der Waals surface area contributed by atoms with Gasteiger partial charge in [0.25, 0.3) is 5.91 Å². The minimum absolute atomic E-state index is 0.0970. The summed E-state index contributed by atoms with van der Waals surface area (Å²) in [5, 5.41) is 3.83. The fraction of sp³-hybridized carbons (Fsp3) is 0.333. The molecule has 0 aliphatic carbocycles. The van der Waals surface area contributed by atoms with Crippen molar-refractivity contribution in [2.75, 3.05) is 13.1 Å². The summed E-state index contributed by atoms with van der Waals surface area (Å²) in [5.41, 5.74) is 5.43. The largest absolute Gasteiger partial charge is 0.338 e. The highest BCUT2D eigenvalue weighted by Gasteiger charge is 2.41. The number of benzene rings is 1. The van der Waals surface area contributed by atoms with Crippen molar-refractivity contribution in [1.82, 2.24) is 10.4 Å². The highest BCUT2D eigenvalue weighted by molar-refractivity contribution is 7.08. The van der Waals surface area contributed by atoms with Gasteiger partial charge in [-0.25, -0.2) is 15.3 Å². The summed E-state index contributed by atoms with van der Waals surface area (Å²) in [6.07, 6.45) is 1.40. The van der Waals surface area contributed by atoms with Gasteiger partial charge in [-0.3, -0.25) is 4.79 Å². The molecule has 3 heterocycles. The maximum absolute atomic E-state index is 12.4. The molecule has 2 aliphatic rings. The summed E-state index contributed by atoms with van der Waals surface area (Å²) in [4.78, 5) is 24.9. The zero-order valence-electron chi connectivity index (χ0n) is 13.5. The number of carbonyl (C=O) groups is 1. The van der Waals surface area contributed by atoms with Crippen LogP contribution < -0.4 is 5.48 Å². The van der Waals surface area contributed by atoms with Crippen LogP contribution in [0.3, 0.4) is 0 Å². The Morgan fingerprint density at radius 2 is 2.00 bits per heavy atom. The van der Waals surface area contributed by atoms with E-state index >= 15 is 0 Å². The number of thiophene rings is 1. The van der Waals surface area contributed by atoms with E-state index in [1.165, 1.54) is 5.56 Å². The summed E-state index contributed by atoms with van der Waals surface area (Å²) in [5.74, 6) is 0.868. The normalized spacial score (nSPS) is 19.2. The van der Waals surface area contributed by atoms with E-state index in [-0.39, 0.29) is 5.91 Å². The summed E-state index contributed by atoms with van der Waals surface area (Å²) in [6.45, 7) is 3.37. The Morgan fingerprint density at radius 1 is 1.25 bits per heavy atom. The van der Waals surface area contributed by atoms with Crippen molar-refractivity contribution >= 4 is 23.1 Å². The molecule has 5 nitrogen and oxygen atoms in total. The van der Waals surface area contributed by atoms with Gasteiger partial charge < -0.3 is 4.90 Å². The van der Waals surface area contributed by atoms with E-state index < -0.39 is 5.72 Å². The Hall–Kier alpha value is -2.18. The van der Waals surface area contributed by atoms with Gasteiger partial charge in [0, 0.05) is 36.9 Å². The maximum atomic E-state index is 12.4. The van der Waals surface area contributed by atoms with E-state index in [9.17, 15) is 4.79 Å². The van der Waals surface area contributed by atoms with Gasteiger partial charge in [0.15, 0.2) is 11.6 Å². The molecular formula is C18H19N3O2S. The van der Waals surface area contributed by atoms with E-state index in [0.29, 0.717) is 25.9 Å². The first-order valence-electron chi connectivity index (χ1n) is 8.08. The number of aliphatic imine (C=N–C) groups is 1. The van der Waals surface area contributed by atoms with E-state index in [1.807, 2.05) is 33.9 Å². The van der Waals surface area contributed by atoms with E-state index in [4.69, 9.17) is 9.83 Å². The number of hydrogen-bond donors (Lipinski definition) is 1. The number of aryl methyl sites for hydroxylation is 1. The standard InChI is InChI=1S/C18H19N3O2S/c1-13-2-4-14(5-3-13)16-19-18(23-20-16)7-9-21(10-8-18)17(22)15-6-11-24-12-15/h2-6,11-12H,7-10H2,1H3,(H,19,20). The number of nitrogens with one attached hydrogen (secondary N) is 1. The first-order chi connectivity index (χ1) is 11.7. The summed E-state index contributed by atoms with van der Waals surface area (Å²) < 4.78 is 0.